The molecule has 0 atom stereocenters. The fourth-order valence-electron chi connectivity index (χ4n) is 4.60. The zero-order valence-corrected chi connectivity index (χ0v) is 21.4. The molecule has 0 N–H and O–H groups in total. The summed E-state index contributed by atoms with van der Waals surface area (Å²) in [5.74, 6) is 1.60. The molecule has 36 heavy (non-hydrogen) atoms. The van der Waals surface area contributed by atoms with Gasteiger partial charge in [0.2, 0.25) is 10.0 Å². The maximum absolute atomic E-state index is 11.8. The lowest BCUT2D eigenvalue weighted by Gasteiger charge is -2.27. The third-order valence-electron chi connectivity index (χ3n) is 6.72. The molecule has 2 aliphatic rings. The first-order valence-electron chi connectivity index (χ1n) is 12.4. The normalized spacial score (nSPS) is 17.0. The van der Waals surface area contributed by atoms with Gasteiger partial charge in [-0.25, -0.2) is 8.42 Å². The molecule has 1 saturated heterocycles. The molecule has 3 heterocycles. The van der Waals surface area contributed by atoms with Gasteiger partial charge in [-0.15, -0.1) is 0 Å². The molecule has 2 aromatic carbocycles. The Hall–Kier alpha value is -2.85. The first-order chi connectivity index (χ1) is 17.5. The van der Waals surface area contributed by atoms with Gasteiger partial charge in [0, 0.05) is 31.0 Å². The maximum Gasteiger partial charge on any atom is 0.378 e. The van der Waals surface area contributed by atoms with Crippen molar-refractivity contribution in [1.82, 2.24) is 19.2 Å². The van der Waals surface area contributed by atoms with Gasteiger partial charge < -0.3 is 9.47 Å². The van der Waals surface area contributed by atoms with Crippen LogP contribution in [0, 0.1) is 0 Å². The Bertz CT molecular complexity index is 1270. The van der Waals surface area contributed by atoms with Crippen LogP contribution in [0.4, 0.5) is 5.95 Å². The van der Waals surface area contributed by atoms with Crippen LogP contribution < -0.4 is 9.64 Å². The van der Waals surface area contributed by atoms with Crippen molar-refractivity contribution in [2.24, 2.45) is 0 Å². The second-order valence-electron chi connectivity index (χ2n) is 9.30. The summed E-state index contributed by atoms with van der Waals surface area (Å²) in [4.78, 5) is 11.2. The highest BCUT2D eigenvalue weighted by Gasteiger charge is 2.25. The summed E-state index contributed by atoms with van der Waals surface area (Å²) in [5.41, 5.74) is 5.60. The second-order valence-corrected chi connectivity index (χ2v) is 11.3. The van der Waals surface area contributed by atoms with Crippen molar-refractivity contribution >= 4 is 16.0 Å². The van der Waals surface area contributed by atoms with E-state index in [0.717, 1.165) is 67.5 Å². The predicted octanol–water partition coefficient (Wildman–Crippen LogP) is 3.27. The number of sulfonamides is 1. The van der Waals surface area contributed by atoms with Gasteiger partial charge in [0.25, 0.3) is 0 Å². The van der Waals surface area contributed by atoms with Crippen LogP contribution in [0.5, 0.6) is 5.75 Å². The quantitative estimate of drug-likeness (QED) is 0.343. The fourth-order valence-corrected chi connectivity index (χ4v) is 5.40. The number of nitrogens with zero attached hydrogens (tertiary/aromatic N) is 4. The number of fused-ring (bicyclic) bond motifs is 1. The van der Waals surface area contributed by atoms with Crippen molar-refractivity contribution in [3.05, 3.63) is 71.5 Å². The van der Waals surface area contributed by atoms with Crippen LogP contribution in [-0.4, -0.2) is 68.4 Å². The number of morpholine rings is 1. The summed E-state index contributed by atoms with van der Waals surface area (Å²) in [5, 5.41) is 0. The summed E-state index contributed by atoms with van der Waals surface area (Å²) in [6, 6.07) is 14.5. The molecule has 189 valence electrons. The van der Waals surface area contributed by atoms with Crippen LogP contribution in [0.3, 0.4) is 0 Å². The van der Waals surface area contributed by atoms with Crippen LogP contribution in [0.2, 0.25) is 0 Å². The number of anilines is 1. The van der Waals surface area contributed by atoms with E-state index < -0.39 is 10.0 Å². The Morgan fingerprint density at radius 1 is 1.00 bits per heavy atom. The molecule has 1 aromatic heterocycles. The summed E-state index contributed by atoms with van der Waals surface area (Å²) in [6.07, 6.45) is 7.60. The zero-order valence-electron chi connectivity index (χ0n) is 20.6. The molecular formula is C27H32N4O4S+. The molecule has 1 radical (unpaired) electrons. The number of aryl methyl sites for hydroxylation is 1. The number of rotatable bonds is 8. The minimum Gasteiger partial charge on any atom is -0.494 e. The average molecular weight is 509 g/mol. The standard InChI is InChI=1S/C27H32N4O4S/c1-36(32,33)31-11-10-23-17-26(9-8-24(23)20-31)35-14-2-3-21-4-6-22(7-5-21)25-18-28-27(29-19-25)30-12-15-34-16-13-30/h4-9,17-19H,2-3,10-16,20H2,1H3/q+1. The highest BCUT2D eigenvalue weighted by molar-refractivity contribution is 7.88. The SMILES string of the molecule is CS(=O)(=O)N1CCc2cc(OCCCc3ccc(-c4cnc([N+]5CCOCC5)nc4)cc3)ccc2C1. The Kier molecular flexibility index (Phi) is 7.62. The summed E-state index contributed by atoms with van der Waals surface area (Å²) in [7, 11) is -3.16. The third kappa shape index (κ3) is 6.10. The smallest absolute Gasteiger partial charge is 0.378 e. The largest absolute Gasteiger partial charge is 0.494 e. The van der Waals surface area contributed by atoms with Gasteiger partial charge in [0.1, 0.15) is 19.0 Å². The summed E-state index contributed by atoms with van der Waals surface area (Å²) in [6.45, 7) is 4.69. The molecule has 1 fully saturated rings. The van der Waals surface area contributed by atoms with Crippen LogP contribution >= 0.6 is 0 Å². The molecule has 0 bridgehead atoms. The van der Waals surface area contributed by atoms with E-state index in [9.17, 15) is 8.42 Å². The Morgan fingerprint density at radius 2 is 1.75 bits per heavy atom. The van der Waals surface area contributed by atoms with Gasteiger partial charge in [-0.05, 0) is 53.6 Å². The Morgan fingerprint density at radius 3 is 2.47 bits per heavy atom. The molecule has 8 nitrogen and oxygen atoms in total. The van der Waals surface area contributed by atoms with Crippen LogP contribution in [0.25, 0.3) is 11.1 Å². The number of hydrogen-bond acceptors (Lipinski definition) is 7. The molecule has 0 amide bonds. The molecule has 5 rings (SSSR count). The Balaban J connectivity index is 1.09. The van der Waals surface area contributed by atoms with Crippen molar-refractivity contribution in [1.29, 1.82) is 0 Å². The van der Waals surface area contributed by atoms with Crippen LogP contribution in [0.1, 0.15) is 23.1 Å². The van der Waals surface area contributed by atoms with Gasteiger partial charge in [-0.2, -0.15) is 14.3 Å². The number of hydrogen-bond donors (Lipinski definition) is 0. The van der Waals surface area contributed by atoms with E-state index in [0.29, 0.717) is 26.1 Å². The van der Waals surface area contributed by atoms with Crippen molar-refractivity contribution in [2.75, 3.05) is 45.7 Å². The highest BCUT2D eigenvalue weighted by Crippen LogP contribution is 2.25. The van der Waals surface area contributed by atoms with Gasteiger partial charge in [0.15, 0.2) is 13.1 Å². The third-order valence-corrected chi connectivity index (χ3v) is 7.97. The maximum atomic E-state index is 11.8. The van der Waals surface area contributed by atoms with Gasteiger partial charge in [-0.1, -0.05) is 35.2 Å². The van der Waals surface area contributed by atoms with Crippen LogP contribution in [-0.2, 0) is 34.1 Å². The first kappa shape index (κ1) is 24.8. The Labute approximate surface area is 212 Å². The van der Waals surface area contributed by atoms with E-state index in [4.69, 9.17) is 9.47 Å². The van der Waals surface area contributed by atoms with Gasteiger partial charge in [-0.3, -0.25) is 0 Å². The van der Waals surface area contributed by atoms with Crippen molar-refractivity contribution in [2.45, 2.75) is 25.8 Å². The minimum absolute atomic E-state index is 0.439. The average Bonchev–Trinajstić information content (AvgIpc) is 2.91. The molecule has 0 saturated carbocycles. The number of ether oxygens (including phenoxy) is 2. The van der Waals surface area contributed by atoms with E-state index in [1.165, 1.54) is 21.7 Å². The lowest BCUT2D eigenvalue weighted by molar-refractivity contribution is 0.0886. The van der Waals surface area contributed by atoms with Crippen LogP contribution in [0.15, 0.2) is 54.9 Å². The van der Waals surface area contributed by atoms with Gasteiger partial charge in [0.05, 0.1) is 12.9 Å². The summed E-state index contributed by atoms with van der Waals surface area (Å²) < 4.78 is 36.5. The predicted molar refractivity (Wildman–Crippen MR) is 139 cm³/mol. The van der Waals surface area contributed by atoms with E-state index in [2.05, 4.69) is 45.2 Å². The lowest BCUT2D eigenvalue weighted by Crippen LogP contribution is -2.38. The topological polar surface area (TPSA) is 87.5 Å². The zero-order chi connectivity index (χ0) is 25.0. The van der Waals surface area contributed by atoms with Crippen molar-refractivity contribution < 1.29 is 17.9 Å². The second kappa shape index (κ2) is 11.0. The fraction of sp³-hybridized carbons (Fsp3) is 0.407. The minimum atomic E-state index is -3.16. The van der Waals surface area contributed by atoms with E-state index >= 15 is 0 Å². The monoisotopic (exact) mass is 508 g/mol. The molecule has 3 aromatic rings. The molecule has 9 heteroatoms. The highest BCUT2D eigenvalue weighted by atomic mass is 32.2. The van der Waals surface area contributed by atoms with Crippen molar-refractivity contribution in [3.63, 3.8) is 0 Å². The van der Waals surface area contributed by atoms with E-state index in [1.807, 2.05) is 24.5 Å². The molecule has 2 aliphatic heterocycles. The molecular weight excluding hydrogens is 476 g/mol. The lowest BCUT2D eigenvalue weighted by atomic mass is 10.0. The first-order valence-corrected chi connectivity index (χ1v) is 14.2. The number of benzene rings is 2. The summed E-state index contributed by atoms with van der Waals surface area (Å²) >= 11 is 0. The molecule has 0 spiro atoms. The van der Waals surface area contributed by atoms with E-state index in [1.54, 1.807) is 0 Å². The van der Waals surface area contributed by atoms with Gasteiger partial charge >= 0.3 is 5.95 Å². The van der Waals surface area contributed by atoms with E-state index in [-0.39, 0.29) is 0 Å². The van der Waals surface area contributed by atoms with Crippen molar-refractivity contribution in [3.8, 4) is 16.9 Å². The molecule has 0 unspecified atom stereocenters. The number of aromatic nitrogens is 2. The molecule has 0 aliphatic carbocycles.